The van der Waals surface area contributed by atoms with Gasteiger partial charge in [0.25, 0.3) is 0 Å². The average Bonchev–Trinajstić information content (AvgIpc) is 3.65. The van der Waals surface area contributed by atoms with Gasteiger partial charge in [0, 0.05) is 27.2 Å². The van der Waals surface area contributed by atoms with Gasteiger partial charge in [0.1, 0.15) is 5.82 Å². The molecule has 0 N–H and O–H groups in total. The van der Waals surface area contributed by atoms with Gasteiger partial charge in [-0.05, 0) is 48.3 Å². The van der Waals surface area contributed by atoms with E-state index < -0.39 is 176 Å². The van der Waals surface area contributed by atoms with Crippen molar-refractivity contribution in [3.05, 3.63) is 121 Å². The van der Waals surface area contributed by atoms with Crippen LogP contribution in [0.1, 0.15) is 26.0 Å². The molecule has 33 heavy (non-hydrogen) atoms. The molecule has 0 aliphatic heterocycles. The SMILES string of the molecule is [2H]c1c([2H])c([2H])c(-n2c3c([2H])c([2H])c([2H])c([2H])c3c3c([2H])c(-n4c5c([2H])c([2H])c([2H])c([2H])c5c5c([2H])c([2H])c([2H])c([2H])c54)c([2H])c([2H])c32)c(F)c1[2H]. The number of hydrogen-bond donors (Lipinski definition) is 0. The normalized spacial score (nSPS) is 19.8. The molecule has 0 atom stereocenters. The minimum absolute atomic E-state index is 0.398. The molecule has 2 heterocycles. The van der Waals surface area contributed by atoms with Crippen molar-refractivity contribution < 1.29 is 30.4 Å². The van der Waals surface area contributed by atoms with Crippen molar-refractivity contribution in [2.75, 3.05) is 0 Å². The zero-order valence-corrected chi connectivity index (χ0v) is 16.3. The smallest absolute Gasteiger partial charge is 0.147 e. The van der Waals surface area contributed by atoms with Crippen molar-refractivity contribution in [3.63, 3.8) is 0 Å². The number of nitrogens with zero attached hydrogens (tertiary/aromatic N) is 2. The van der Waals surface area contributed by atoms with E-state index in [0.717, 1.165) is 4.57 Å². The van der Waals surface area contributed by atoms with Gasteiger partial charge in [-0.2, -0.15) is 0 Å². The van der Waals surface area contributed by atoms with Gasteiger partial charge in [0.05, 0.1) is 53.8 Å². The highest BCUT2D eigenvalue weighted by Gasteiger charge is 2.17. The Kier molecular flexibility index (Phi) is 1.57. The maximum atomic E-state index is 16.0. The van der Waals surface area contributed by atoms with E-state index in [4.69, 9.17) is 21.9 Å². The third kappa shape index (κ3) is 2.53. The van der Waals surface area contributed by atoms with Crippen molar-refractivity contribution >= 4 is 43.6 Å². The van der Waals surface area contributed by atoms with Gasteiger partial charge in [0.2, 0.25) is 0 Å². The van der Waals surface area contributed by atoms with Gasteiger partial charge >= 0.3 is 0 Å². The van der Waals surface area contributed by atoms with Crippen molar-refractivity contribution in [1.82, 2.24) is 9.13 Å². The quantitative estimate of drug-likeness (QED) is 0.255. The molecule has 3 heteroatoms. The number of hydrogen-bond acceptors (Lipinski definition) is 0. The van der Waals surface area contributed by atoms with E-state index >= 15 is 4.39 Å². The van der Waals surface area contributed by atoms with Crippen LogP contribution in [0, 0.1) is 5.82 Å². The van der Waals surface area contributed by atoms with Crippen molar-refractivity contribution in [3.8, 4) is 11.4 Å². The summed E-state index contributed by atoms with van der Waals surface area (Å²) in [6.45, 7) is 0. The molecule has 2 aromatic heterocycles. The molecule has 7 aromatic rings. The minimum Gasteiger partial charge on any atom is -0.309 e. The molecular weight excluding hydrogens is 407 g/mol. The van der Waals surface area contributed by atoms with Gasteiger partial charge in [0.15, 0.2) is 0 Å². The second-order valence-electron chi connectivity index (χ2n) is 6.95. The first-order valence-electron chi connectivity index (χ1n) is 19.0. The summed E-state index contributed by atoms with van der Waals surface area (Å²) in [5.74, 6) is -1.58. The van der Waals surface area contributed by atoms with E-state index in [2.05, 4.69) is 0 Å². The molecule has 0 amide bonds. The largest absolute Gasteiger partial charge is 0.309 e. The lowest BCUT2D eigenvalue weighted by atomic mass is 10.1. The highest BCUT2D eigenvalue weighted by atomic mass is 19.1. The summed E-state index contributed by atoms with van der Waals surface area (Å²) in [4.78, 5) is 0. The lowest BCUT2D eigenvalue weighted by molar-refractivity contribution is 0.621. The van der Waals surface area contributed by atoms with Crippen LogP contribution in [0.15, 0.2) is 115 Å². The van der Waals surface area contributed by atoms with Crippen LogP contribution in [-0.4, -0.2) is 9.13 Å². The number of halogens is 1. The van der Waals surface area contributed by atoms with Crippen molar-refractivity contribution in [2.45, 2.75) is 0 Å². The first-order chi connectivity index (χ1) is 24.2. The predicted octanol–water partition coefficient (Wildman–Crippen LogP) is 8.02. The molecule has 5 aromatic carbocycles. The van der Waals surface area contributed by atoms with Gasteiger partial charge < -0.3 is 9.13 Å². The fourth-order valence-corrected chi connectivity index (χ4v) is 3.93. The topological polar surface area (TPSA) is 9.86 Å². The molecule has 2 nitrogen and oxygen atoms in total. The Balaban J connectivity index is 1.86. The summed E-state index contributed by atoms with van der Waals surface area (Å²) >= 11 is 0. The molecule has 0 radical (unpaired) electrons. The van der Waals surface area contributed by atoms with Crippen LogP contribution >= 0.6 is 0 Å². The van der Waals surface area contributed by atoms with Crippen molar-refractivity contribution in [2.24, 2.45) is 0 Å². The zero-order valence-electron chi connectivity index (χ0n) is 35.3. The number of rotatable bonds is 2. The van der Waals surface area contributed by atoms with Gasteiger partial charge in [-0.25, -0.2) is 4.39 Å². The fraction of sp³-hybridized carbons (Fsp3) is 0. The van der Waals surface area contributed by atoms with Crippen LogP contribution in [0.3, 0.4) is 0 Å². The number of para-hydroxylation sites is 4. The van der Waals surface area contributed by atoms with Gasteiger partial charge in [-0.15, -0.1) is 0 Å². The standard InChI is InChI=1S/C30H19FN2/c31-25-12-4-8-16-30(25)33-28-15-7-3-11-23(28)24-19-20(17-18-29(24)33)32-26-13-5-1-9-21(26)22-10-2-6-14-27(22)32/h1-19H/i1D,2D,3D,4D,5D,6D,7D,8D,9D,10D,11D,12D,13D,14D,15D,16D,17D,18D,19D. The van der Waals surface area contributed by atoms with Crippen LogP contribution in [0.25, 0.3) is 55.0 Å². The lowest BCUT2D eigenvalue weighted by Gasteiger charge is -2.10. The number of fused-ring (bicyclic) bond motifs is 6. The summed E-state index contributed by atoms with van der Waals surface area (Å²) in [5.41, 5.74) is -3.93. The second kappa shape index (κ2) is 6.81. The highest BCUT2D eigenvalue weighted by molar-refractivity contribution is 6.12. The lowest BCUT2D eigenvalue weighted by Crippen LogP contribution is -1.97. The van der Waals surface area contributed by atoms with E-state index in [1.54, 1.807) is 0 Å². The molecule has 0 saturated carbocycles. The zero-order chi connectivity index (χ0) is 38.5. The van der Waals surface area contributed by atoms with Gasteiger partial charge in [-0.3, -0.25) is 0 Å². The summed E-state index contributed by atoms with van der Waals surface area (Å²) in [5, 5.41) is -1.88. The van der Waals surface area contributed by atoms with Crippen LogP contribution in [0.4, 0.5) is 4.39 Å². The molecule has 0 spiro atoms. The Bertz CT molecular complexity index is 2750. The summed E-state index contributed by atoms with van der Waals surface area (Å²) in [7, 11) is 0. The Morgan fingerprint density at radius 1 is 0.485 bits per heavy atom. The molecule has 0 saturated heterocycles. The number of aromatic nitrogens is 2. The molecule has 0 aliphatic rings. The molecule has 0 fully saturated rings. The predicted molar refractivity (Wildman–Crippen MR) is 135 cm³/mol. The first-order valence-corrected chi connectivity index (χ1v) is 9.53. The third-order valence-corrected chi connectivity index (χ3v) is 5.25. The second-order valence-corrected chi connectivity index (χ2v) is 6.95. The molecule has 0 unspecified atom stereocenters. The van der Waals surface area contributed by atoms with Crippen LogP contribution in [-0.2, 0) is 0 Å². The van der Waals surface area contributed by atoms with Crippen LogP contribution < -0.4 is 0 Å². The molecule has 0 aliphatic carbocycles. The Morgan fingerprint density at radius 3 is 1.64 bits per heavy atom. The van der Waals surface area contributed by atoms with Crippen LogP contribution in [0.5, 0.6) is 0 Å². The van der Waals surface area contributed by atoms with E-state index in [1.807, 2.05) is 0 Å². The summed E-state index contributed by atoms with van der Waals surface area (Å²) in [6, 6.07) is -16.3. The van der Waals surface area contributed by atoms with Crippen LogP contribution in [0.2, 0.25) is 0 Å². The number of benzene rings is 5. The third-order valence-electron chi connectivity index (χ3n) is 5.25. The fourth-order valence-electron chi connectivity index (χ4n) is 3.93. The van der Waals surface area contributed by atoms with Gasteiger partial charge in [-0.1, -0.05) is 66.5 Å². The van der Waals surface area contributed by atoms with E-state index in [-0.39, 0.29) is 0 Å². The molecular formula is C30H19FN2. The summed E-state index contributed by atoms with van der Waals surface area (Å²) < 4.78 is 181. The van der Waals surface area contributed by atoms with E-state index in [1.165, 1.54) is 0 Å². The highest BCUT2D eigenvalue weighted by Crippen LogP contribution is 2.36. The van der Waals surface area contributed by atoms with E-state index in [0.29, 0.717) is 4.57 Å². The minimum atomic E-state index is -1.58. The average molecular weight is 446 g/mol. The monoisotopic (exact) mass is 445 g/mol. The Hall–Kier alpha value is -4.37. The molecule has 0 bridgehead atoms. The maximum Gasteiger partial charge on any atom is 0.147 e. The Morgan fingerprint density at radius 2 is 0.970 bits per heavy atom. The summed E-state index contributed by atoms with van der Waals surface area (Å²) in [6.07, 6.45) is 0. The Labute approximate surface area is 216 Å². The van der Waals surface area contributed by atoms with Crippen molar-refractivity contribution in [1.29, 1.82) is 0 Å². The van der Waals surface area contributed by atoms with E-state index in [9.17, 15) is 4.11 Å². The molecule has 156 valence electrons. The first kappa shape index (κ1) is 7.60. The maximum absolute atomic E-state index is 16.0. The molecule has 7 rings (SSSR count).